The van der Waals surface area contributed by atoms with E-state index in [2.05, 4.69) is 42.0 Å². The van der Waals surface area contributed by atoms with Crippen molar-refractivity contribution in [3.05, 3.63) is 17.5 Å². The van der Waals surface area contributed by atoms with Crippen LogP contribution in [0.4, 0.5) is 5.95 Å². The minimum absolute atomic E-state index is 0.467. The molecule has 0 spiro atoms. The molecule has 1 N–H and O–H groups in total. The van der Waals surface area contributed by atoms with Crippen LogP contribution in [0.25, 0.3) is 0 Å². The molecule has 0 radical (unpaired) electrons. The highest BCUT2D eigenvalue weighted by molar-refractivity contribution is 5.35. The van der Waals surface area contributed by atoms with Crippen molar-refractivity contribution in [2.24, 2.45) is 11.8 Å². The van der Waals surface area contributed by atoms with Crippen LogP contribution in [-0.4, -0.2) is 36.1 Å². The monoisotopic (exact) mass is 246 g/mol. The van der Waals surface area contributed by atoms with Gasteiger partial charge < -0.3 is 10.2 Å². The van der Waals surface area contributed by atoms with Gasteiger partial charge in [-0.05, 0) is 30.7 Å². The van der Waals surface area contributed by atoms with Gasteiger partial charge in [0.15, 0.2) is 0 Å². The van der Waals surface area contributed by atoms with E-state index < -0.39 is 0 Å². The second-order valence-corrected chi connectivity index (χ2v) is 5.97. The fourth-order valence-corrected chi connectivity index (χ4v) is 3.03. The second kappa shape index (κ2) is 4.50. The van der Waals surface area contributed by atoms with Gasteiger partial charge in [-0.2, -0.15) is 0 Å². The number of anilines is 1. The van der Waals surface area contributed by atoms with Crippen LogP contribution < -0.4 is 10.2 Å². The average molecular weight is 246 g/mol. The van der Waals surface area contributed by atoms with Crippen molar-refractivity contribution in [2.75, 3.05) is 31.1 Å². The van der Waals surface area contributed by atoms with E-state index in [-0.39, 0.29) is 0 Å². The van der Waals surface area contributed by atoms with E-state index in [0.29, 0.717) is 5.92 Å². The van der Waals surface area contributed by atoms with Crippen LogP contribution >= 0.6 is 0 Å². The Bertz CT molecular complexity index is 431. The SMILES string of the molecule is Cc1cc(C(C)C)nc(N2CC3CNCC3C2)n1. The Hall–Kier alpha value is -1.16. The summed E-state index contributed by atoms with van der Waals surface area (Å²) in [4.78, 5) is 11.7. The van der Waals surface area contributed by atoms with Crippen molar-refractivity contribution in [3.8, 4) is 0 Å². The van der Waals surface area contributed by atoms with Crippen molar-refractivity contribution < 1.29 is 0 Å². The Kier molecular flexibility index (Phi) is 2.98. The molecule has 2 saturated heterocycles. The molecule has 2 unspecified atom stereocenters. The van der Waals surface area contributed by atoms with Gasteiger partial charge in [0, 0.05) is 37.6 Å². The van der Waals surface area contributed by atoms with Gasteiger partial charge in [0.2, 0.25) is 5.95 Å². The van der Waals surface area contributed by atoms with Crippen molar-refractivity contribution >= 4 is 5.95 Å². The molecule has 18 heavy (non-hydrogen) atoms. The third-order valence-electron chi connectivity index (χ3n) is 4.13. The summed E-state index contributed by atoms with van der Waals surface area (Å²) in [7, 11) is 0. The molecular formula is C14H22N4. The van der Waals surface area contributed by atoms with Crippen molar-refractivity contribution in [1.82, 2.24) is 15.3 Å². The number of nitrogens with zero attached hydrogens (tertiary/aromatic N) is 3. The van der Waals surface area contributed by atoms with Crippen LogP contribution in [0.15, 0.2) is 6.07 Å². The molecule has 2 aliphatic heterocycles. The van der Waals surface area contributed by atoms with Crippen LogP contribution in [0.3, 0.4) is 0 Å². The molecule has 2 aliphatic rings. The van der Waals surface area contributed by atoms with Crippen LogP contribution in [0.5, 0.6) is 0 Å². The van der Waals surface area contributed by atoms with E-state index in [1.807, 2.05) is 0 Å². The molecule has 0 aliphatic carbocycles. The standard InChI is InChI=1S/C14H22N4/c1-9(2)13-4-10(3)16-14(17-13)18-7-11-5-15-6-12(11)8-18/h4,9,11-12,15H,5-8H2,1-3H3. The summed E-state index contributed by atoms with van der Waals surface area (Å²) in [5.41, 5.74) is 2.24. The fraction of sp³-hybridized carbons (Fsp3) is 0.714. The largest absolute Gasteiger partial charge is 0.340 e. The number of rotatable bonds is 2. The van der Waals surface area contributed by atoms with E-state index in [4.69, 9.17) is 4.98 Å². The number of fused-ring (bicyclic) bond motifs is 1. The number of nitrogens with one attached hydrogen (secondary N) is 1. The smallest absolute Gasteiger partial charge is 0.225 e. The van der Waals surface area contributed by atoms with Gasteiger partial charge in [-0.1, -0.05) is 13.8 Å². The molecular weight excluding hydrogens is 224 g/mol. The zero-order valence-corrected chi connectivity index (χ0v) is 11.5. The number of aromatic nitrogens is 2. The minimum Gasteiger partial charge on any atom is -0.340 e. The van der Waals surface area contributed by atoms with E-state index in [9.17, 15) is 0 Å². The molecule has 98 valence electrons. The summed E-state index contributed by atoms with van der Waals surface area (Å²) in [6.45, 7) is 11.0. The highest BCUT2D eigenvalue weighted by Gasteiger charge is 2.37. The molecule has 3 heterocycles. The predicted octanol–water partition coefficient (Wildman–Crippen LogP) is 1.56. The minimum atomic E-state index is 0.467. The van der Waals surface area contributed by atoms with E-state index in [1.165, 1.54) is 0 Å². The first-order chi connectivity index (χ1) is 8.63. The Morgan fingerprint density at radius 3 is 2.50 bits per heavy atom. The molecule has 1 aromatic heterocycles. The maximum atomic E-state index is 4.74. The lowest BCUT2D eigenvalue weighted by Crippen LogP contribution is -2.27. The third-order valence-corrected chi connectivity index (χ3v) is 4.13. The maximum absolute atomic E-state index is 4.74. The zero-order chi connectivity index (χ0) is 12.7. The molecule has 4 nitrogen and oxygen atoms in total. The topological polar surface area (TPSA) is 41.1 Å². The Morgan fingerprint density at radius 2 is 1.89 bits per heavy atom. The van der Waals surface area contributed by atoms with Gasteiger partial charge in [-0.15, -0.1) is 0 Å². The lowest BCUT2D eigenvalue weighted by atomic mass is 10.0. The first kappa shape index (κ1) is 11.9. The summed E-state index contributed by atoms with van der Waals surface area (Å²) in [5.74, 6) is 2.98. The van der Waals surface area contributed by atoms with Gasteiger partial charge in [0.05, 0.1) is 0 Å². The van der Waals surface area contributed by atoms with Crippen LogP contribution in [-0.2, 0) is 0 Å². The summed E-state index contributed by atoms with van der Waals surface area (Å²) in [5, 5.41) is 3.47. The van der Waals surface area contributed by atoms with Crippen LogP contribution in [0, 0.1) is 18.8 Å². The Balaban J connectivity index is 1.84. The van der Waals surface area contributed by atoms with Gasteiger partial charge in [-0.25, -0.2) is 9.97 Å². The summed E-state index contributed by atoms with van der Waals surface area (Å²) < 4.78 is 0. The Morgan fingerprint density at radius 1 is 1.22 bits per heavy atom. The molecule has 2 atom stereocenters. The average Bonchev–Trinajstić information content (AvgIpc) is 2.87. The van der Waals surface area contributed by atoms with Gasteiger partial charge in [-0.3, -0.25) is 0 Å². The van der Waals surface area contributed by atoms with Crippen LogP contribution in [0.1, 0.15) is 31.2 Å². The molecule has 0 amide bonds. The molecule has 3 rings (SSSR count). The molecule has 4 heteroatoms. The van der Waals surface area contributed by atoms with Gasteiger partial charge in [0.25, 0.3) is 0 Å². The van der Waals surface area contributed by atoms with Crippen molar-refractivity contribution in [3.63, 3.8) is 0 Å². The van der Waals surface area contributed by atoms with Gasteiger partial charge >= 0.3 is 0 Å². The highest BCUT2D eigenvalue weighted by atomic mass is 15.3. The van der Waals surface area contributed by atoms with E-state index in [0.717, 1.165) is 55.4 Å². The summed E-state index contributed by atoms with van der Waals surface area (Å²) in [6.07, 6.45) is 0. The maximum Gasteiger partial charge on any atom is 0.225 e. The molecule has 0 aromatic carbocycles. The van der Waals surface area contributed by atoms with Crippen molar-refractivity contribution in [1.29, 1.82) is 0 Å². The van der Waals surface area contributed by atoms with Crippen molar-refractivity contribution in [2.45, 2.75) is 26.7 Å². The van der Waals surface area contributed by atoms with Crippen LogP contribution in [0.2, 0.25) is 0 Å². The molecule has 0 bridgehead atoms. The first-order valence-corrected chi connectivity index (χ1v) is 6.94. The second-order valence-electron chi connectivity index (χ2n) is 5.97. The normalized spacial score (nSPS) is 27.0. The van der Waals surface area contributed by atoms with Gasteiger partial charge in [0.1, 0.15) is 0 Å². The Labute approximate surface area is 109 Å². The lowest BCUT2D eigenvalue weighted by Gasteiger charge is -2.19. The first-order valence-electron chi connectivity index (χ1n) is 6.94. The fourth-order valence-electron chi connectivity index (χ4n) is 3.03. The number of hydrogen-bond acceptors (Lipinski definition) is 4. The van der Waals surface area contributed by atoms with E-state index in [1.54, 1.807) is 0 Å². The molecule has 2 fully saturated rings. The molecule has 0 saturated carbocycles. The quantitative estimate of drug-likeness (QED) is 0.860. The zero-order valence-electron chi connectivity index (χ0n) is 11.5. The summed E-state index contributed by atoms with van der Waals surface area (Å²) >= 11 is 0. The third kappa shape index (κ3) is 2.09. The number of hydrogen-bond donors (Lipinski definition) is 1. The predicted molar refractivity (Wildman–Crippen MR) is 72.9 cm³/mol. The molecule has 1 aromatic rings. The highest BCUT2D eigenvalue weighted by Crippen LogP contribution is 2.29. The number of aryl methyl sites for hydroxylation is 1. The van der Waals surface area contributed by atoms with E-state index >= 15 is 0 Å². The lowest BCUT2D eigenvalue weighted by molar-refractivity contribution is 0.533. The summed E-state index contributed by atoms with van der Waals surface area (Å²) in [6, 6.07) is 2.10.